The van der Waals surface area contributed by atoms with Crippen LogP contribution < -0.4 is 5.11 Å². The van der Waals surface area contributed by atoms with Crippen molar-refractivity contribution in [3.05, 3.63) is 48.5 Å². The van der Waals surface area contributed by atoms with E-state index in [1.807, 2.05) is 0 Å². The summed E-state index contributed by atoms with van der Waals surface area (Å²) in [6.07, 6.45) is 6.16. The molecule has 0 radical (unpaired) electrons. The van der Waals surface area contributed by atoms with E-state index in [0.29, 0.717) is 18.4 Å². The van der Waals surface area contributed by atoms with Crippen molar-refractivity contribution in [2.45, 2.75) is 0 Å². The van der Waals surface area contributed by atoms with E-state index in [0.717, 1.165) is 0 Å². The molecule has 0 aromatic carbocycles. The zero-order valence-corrected chi connectivity index (χ0v) is 9.06. The van der Waals surface area contributed by atoms with Crippen molar-refractivity contribution in [2.75, 3.05) is 20.3 Å². The summed E-state index contributed by atoms with van der Waals surface area (Å²) in [5.74, 6) is 0.161. The second-order valence-corrected chi connectivity index (χ2v) is 3.13. The molecule has 0 spiro atoms. The van der Waals surface area contributed by atoms with Crippen LogP contribution in [0.4, 0.5) is 0 Å². The third-order valence-electron chi connectivity index (χ3n) is 1.96. The van der Waals surface area contributed by atoms with E-state index < -0.39 is 5.97 Å². The molecule has 0 aromatic rings. The second-order valence-electron chi connectivity index (χ2n) is 3.13. The molecule has 0 saturated carbocycles. The Morgan fingerprint density at radius 3 is 2.31 bits per heavy atom. The normalized spacial score (nSPS) is 14.1. The first-order chi connectivity index (χ1) is 7.65. The van der Waals surface area contributed by atoms with Gasteiger partial charge in [0.1, 0.15) is 30.9 Å². The molecular weight excluding hydrogens is 208 g/mol. The number of hydrogen-bond acceptors (Lipinski definition) is 4. The quantitative estimate of drug-likeness (QED) is 0.290. The maximum Gasteiger partial charge on any atom is 0.416 e. The van der Waals surface area contributed by atoms with Crippen LogP contribution in [-0.4, -0.2) is 26.3 Å². The van der Waals surface area contributed by atoms with E-state index in [9.17, 15) is 9.90 Å². The SMILES string of the molecule is C=C([O-])[C+]1C=C[C+](C(=O)OCCOC)C=C1. The monoisotopic (exact) mass is 221 g/mol. The van der Waals surface area contributed by atoms with Gasteiger partial charge in [0, 0.05) is 12.9 Å². The molecule has 4 nitrogen and oxygen atoms in total. The van der Waals surface area contributed by atoms with Gasteiger partial charge < -0.3 is 14.6 Å². The van der Waals surface area contributed by atoms with Gasteiger partial charge >= 0.3 is 5.97 Å². The molecule has 0 atom stereocenters. The number of ether oxygens (including phenoxy) is 2. The van der Waals surface area contributed by atoms with Crippen LogP contribution in [0.15, 0.2) is 36.6 Å². The molecule has 4 heteroatoms. The molecule has 84 valence electrons. The molecular formula is C12H13O4+. The second kappa shape index (κ2) is 5.92. The Balaban J connectivity index is 2.41. The summed E-state index contributed by atoms with van der Waals surface area (Å²) in [6, 6.07) is 0. The fraction of sp³-hybridized carbons (Fsp3) is 0.250. The lowest BCUT2D eigenvalue weighted by molar-refractivity contribution is -0.299. The molecule has 0 N–H and O–H groups in total. The third-order valence-corrected chi connectivity index (χ3v) is 1.96. The predicted molar refractivity (Wildman–Crippen MR) is 56.7 cm³/mol. The maximum absolute atomic E-state index is 11.4. The lowest BCUT2D eigenvalue weighted by Gasteiger charge is -2.07. The van der Waals surface area contributed by atoms with Gasteiger partial charge in [0.15, 0.2) is 5.92 Å². The number of hydrogen-bond donors (Lipinski definition) is 0. The van der Waals surface area contributed by atoms with Crippen LogP contribution in [0.2, 0.25) is 0 Å². The van der Waals surface area contributed by atoms with Crippen molar-refractivity contribution in [1.29, 1.82) is 0 Å². The first-order valence-corrected chi connectivity index (χ1v) is 4.77. The lowest BCUT2D eigenvalue weighted by atomic mass is 9.95. The number of carbonyl (C=O) groups is 1. The minimum absolute atomic E-state index is 0.214. The number of allylic oxidation sites excluding steroid dienone is 1. The van der Waals surface area contributed by atoms with Gasteiger partial charge in [0.25, 0.3) is 0 Å². The standard InChI is InChI=1S/C12H13O4/c1-9(13)10-3-5-11(6-4-10)12(14)16-8-7-15-2/h3-6H,1,7-8H2,2H3/q+1. The van der Waals surface area contributed by atoms with Crippen LogP contribution in [0, 0.1) is 11.8 Å². The summed E-state index contributed by atoms with van der Waals surface area (Å²) in [5.41, 5.74) is 0. The van der Waals surface area contributed by atoms with Gasteiger partial charge in [0.05, 0.1) is 6.61 Å². The molecule has 0 bridgehead atoms. The Hall–Kier alpha value is -1.81. The first kappa shape index (κ1) is 12.3. The highest BCUT2D eigenvalue weighted by atomic mass is 16.6. The highest BCUT2D eigenvalue weighted by Gasteiger charge is 2.31. The topological polar surface area (TPSA) is 58.6 Å². The van der Waals surface area contributed by atoms with Crippen molar-refractivity contribution >= 4 is 5.97 Å². The van der Waals surface area contributed by atoms with E-state index in [4.69, 9.17) is 9.47 Å². The van der Waals surface area contributed by atoms with E-state index in [-0.39, 0.29) is 12.4 Å². The van der Waals surface area contributed by atoms with Crippen molar-refractivity contribution in [1.82, 2.24) is 0 Å². The first-order valence-electron chi connectivity index (χ1n) is 4.77. The van der Waals surface area contributed by atoms with E-state index >= 15 is 0 Å². The summed E-state index contributed by atoms with van der Waals surface area (Å²) < 4.78 is 9.65. The summed E-state index contributed by atoms with van der Waals surface area (Å²) in [7, 11) is 1.53. The number of carbonyl (C=O) groups excluding carboxylic acids is 1. The smallest absolute Gasteiger partial charge is 0.416 e. The van der Waals surface area contributed by atoms with Crippen LogP contribution in [0.3, 0.4) is 0 Å². The zero-order chi connectivity index (χ0) is 12.0. The van der Waals surface area contributed by atoms with Gasteiger partial charge in [-0.15, -0.1) is 0 Å². The van der Waals surface area contributed by atoms with Gasteiger partial charge in [-0.2, -0.15) is 0 Å². The van der Waals surface area contributed by atoms with Gasteiger partial charge in [0.2, 0.25) is 5.92 Å². The highest BCUT2D eigenvalue weighted by Crippen LogP contribution is 2.21. The van der Waals surface area contributed by atoms with Crippen molar-refractivity contribution < 1.29 is 19.4 Å². The van der Waals surface area contributed by atoms with Crippen molar-refractivity contribution in [3.8, 4) is 0 Å². The summed E-state index contributed by atoms with van der Waals surface area (Å²) >= 11 is 0. The lowest BCUT2D eigenvalue weighted by Crippen LogP contribution is -2.18. The van der Waals surface area contributed by atoms with Gasteiger partial charge in [-0.3, -0.25) is 0 Å². The molecule has 0 unspecified atom stereocenters. The Morgan fingerprint density at radius 2 is 1.81 bits per heavy atom. The third kappa shape index (κ3) is 3.40. The molecule has 0 heterocycles. The molecule has 1 rings (SSSR count). The Bertz CT molecular complexity index is 303. The average Bonchev–Trinajstić information content (AvgIpc) is 2.29. The van der Waals surface area contributed by atoms with Gasteiger partial charge in [-0.1, -0.05) is 0 Å². The van der Waals surface area contributed by atoms with Crippen LogP contribution in [0.25, 0.3) is 0 Å². The van der Waals surface area contributed by atoms with Crippen LogP contribution in [0.1, 0.15) is 0 Å². The van der Waals surface area contributed by atoms with Crippen molar-refractivity contribution in [2.24, 2.45) is 0 Å². The van der Waals surface area contributed by atoms with Crippen molar-refractivity contribution in [3.63, 3.8) is 0 Å². The zero-order valence-electron chi connectivity index (χ0n) is 9.06. The maximum atomic E-state index is 11.4. The highest BCUT2D eigenvalue weighted by molar-refractivity contribution is 5.91. The Labute approximate surface area is 94.9 Å². The summed E-state index contributed by atoms with van der Waals surface area (Å²) in [6.45, 7) is 3.85. The molecule has 0 saturated heterocycles. The van der Waals surface area contributed by atoms with Crippen LogP contribution in [-0.2, 0) is 14.3 Å². The molecule has 0 amide bonds. The van der Waals surface area contributed by atoms with Crippen LogP contribution in [0.5, 0.6) is 0 Å². The van der Waals surface area contributed by atoms with E-state index in [1.54, 1.807) is 12.2 Å². The number of rotatable bonds is 5. The number of methoxy groups -OCH3 is 1. The minimum Gasteiger partial charge on any atom is -0.856 e. The number of esters is 1. The minimum atomic E-state index is -0.430. The van der Waals surface area contributed by atoms with E-state index in [1.165, 1.54) is 19.3 Å². The summed E-state index contributed by atoms with van der Waals surface area (Å²) in [4.78, 5) is 11.4. The predicted octanol–water partition coefficient (Wildman–Crippen LogP) is 0.325. The van der Waals surface area contributed by atoms with E-state index in [2.05, 4.69) is 6.58 Å². The largest absolute Gasteiger partial charge is 0.856 e. The average molecular weight is 221 g/mol. The molecule has 1 aliphatic carbocycles. The van der Waals surface area contributed by atoms with Gasteiger partial charge in [-0.25, -0.2) is 4.79 Å². The fourth-order valence-electron chi connectivity index (χ4n) is 1.09. The van der Waals surface area contributed by atoms with Crippen LogP contribution >= 0.6 is 0 Å². The summed E-state index contributed by atoms with van der Waals surface area (Å²) in [5, 5.41) is 10.9. The molecule has 16 heavy (non-hydrogen) atoms. The Morgan fingerprint density at radius 1 is 1.25 bits per heavy atom. The molecule has 1 aliphatic rings. The fourth-order valence-corrected chi connectivity index (χ4v) is 1.09. The Kier molecular flexibility index (Phi) is 4.54. The molecule has 0 fully saturated rings. The van der Waals surface area contributed by atoms with Gasteiger partial charge in [-0.05, 0) is 6.58 Å². The molecule has 0 aliphatic heterocycles. The molecule has 0 aromatic heterocycles.